The lowest BCUT2D eigenvalue weighted by Gasteiger charge is -2.14. The van der Waals surface area contributed by atoms with Crippen molar-refractivity contribution in [1.82, 2.24) is 15.1 Å². The van der Waals surface area contributed by atoms with E-state index in [0.717, 1.165) is 18.8 Å². The van der Waals surface area contributed by atoms with E-state index in [1.165, 1.54) is 12.5 Å². The molecule has 0 aliphatic carbocycles. The average molecular weight is 272 g/mol. The zero-order chi connectivity index (χ0) is 14.4. The van der Waals surface area contributed by atoms with Gasteiger partial charge in [0.1, 0.15) is 0 Å². The lowest BCUT2D eigenvalue weighted by Crippen LogP contribution is -2.30. The van der Waals surface area contributed by atoms with E-state index in [0.29, 0.717) is 6.04 Å². The maximum atomic E-state index is 10.9. The average Bonchev–Trinajstić information content (AvgIpc) is 2.90. The Balaban J connectivity index is 1.80. The Morgan fingerprint density at radius 3 is 2.70 bits per heavy atom. The van der Waals surface area contributed by atoms with Crippen molar-refractivity contribution in [1.29, 1.82) is 0 Å². The van der Waals surface area contributed by atoms with Crippen LogP contribution in [0.15, 0.2) is 42.7 Å². The van der Waals surface area contributed by atoms with E-state index in [2.05, 4.69) is 22.7 Å². The third-order valence-corrected chi connectivity index (χ3v) is 2.95. The molecule has 2 N–H and O–H groups in total. The highest BCUT2D eigenvalue weighted by atomic mass is 16.1. The molecule has 106 valence electrons. The first-order chi connectivity index (χ1) is 9.63. The van der Waals surface area contributed by atoms with E-state index in [-0.39, 0.29) is 5.91 Å². The summed E-state index contributed by atoms with van der Waals surface area (Å²) in [7, 11) is 0. The monoisotopic (exact) mass is 272 g/mol. The molecule has 1 heterocycles. The van der Waals surface area contributed by atoms with Crippen molar-refractivity contribution in [3.8, 4) is 0 Å². The van der Waals surface area contributed by atoms with Crippen LogP contribution in [-0.4, -0.2) is 21.7 Å². The summed E-state index contributed by atoms with van der Waals surface area (Å²) in [5.41, 5.74) is 2.01. The van der Waals surface area contributed by atoms with Gasteiger partial charge < -0.3 is 10.6 Å². The van der Waals surface area contributed by atoms with Crippen molar-refractivity contribution in [2.45, 2.75) is 33.0 Å². The van der Waals surface area contributed by atoms with Gasteiger partial charge in [0.15, 0.2) is 0 Å². The number of nitrogens with one attached hydrogen (secondary N) is 2. The van der Waals surface area contributed by atoms with Crippen molar-refractivity contribution in [2.75, 3.05) is 5.32 Å². The predicted molar refractivity (Wildman–Crippen MR) is 79.3 cm³/mol. The summed E-state index contributed by atoms with van der Waals surface area (Å²) in [5, 5.41) is 10.4. The summed E-state index contributed by atoms with van der Waals surface area (Å²) in [5.74, 6) is -0.0521. The van der Waals surface area contributed by atoms with E-state index in [1.54, 1.807) is 6.20 Å². The number of hydrogen-bond acceptors (Lipinski definition) is 3. The molecule has 0 aliphatic rings. The van der Waals surface area contributed by atoms with Gasteiger partial charge in [-0.3, -0.25) is 9.48 Å². The van der Waals surface area contributed by atoms with Gasteiger partial charge in [0, 0.05) is 37.6 Å². The van der Waals surface area contributed by atoms with Crippen molar-refractivity contribution >= 4 is 11.6 Å². The fraction of sp³-hybridized carbons (Fsp3) is 0.333. The predicted octanol–water partition coefficient (Wildman–Crippen LogP) is 2.02. The third kappa shape index (κ3) is 4.51. The normalized spacial score (nSPS) is 12.1. The third-order valence-electron chi connectivity index (χ3n) is 2.95. The summed E-state index contributed by atoms with van der Waals surface area (Å²) in [6, 6.07) is 10.1. The highest BCUT2D eigenvalue weighted by Gasteiger charge is 2.03. The number of rotatable bonds is 6. The van der Waals surface area contributed by atoms with Crippen LogP contribution >= 0.6 is 0 Å². The molecule has 2 rings (SSSR count). The molecule has 1 unspecified atom stereocenters. The van der Waals surface area contributed by atoms with Gasteiger partial charge in [0.2, 0.25) is 5.91 Å². The van der Waals surface area contributed by atoms with Crippen molar-refractivity contribution in [3.05, 3.63) is 48.3 Å². The van der Waals surface area contributed by atoms with Gasteiger partial charge in [0.05, 0.1) is 6.54 Å². The first-order valence-electron chi connectivity index (χ1n) is 6.71. The smallest absolute Gasteiger partial charge is 0.221 e. The maximum absolute atomic E-state index is 10.9. The summed E-state index contributed by atoms with van der Waals surface area (Å²) < 4.78 is 1.91. The van der Waals surface area contributed by atoms with Crippen LogP contribution < -0.4 is 10.6 Å². The molecular formula is C15H20N4O. The van der Waals surface area contributed by atoms with Gasteiger partial charge in [0.25, 0.3) is 0 Å². The second kappa shape index (κ2) is 6.86. The quantitative estimate of drug-likeness (QED) is 0.846. The topological polar surface area (TPSA) is 59.0 Å². The second-order valence-electron chi connectivity index (χ2n) is 4.89. The number of carbonyl (C=O) groups excluding carboxylic acids is 1. The van der Waals surface area contributed by atoms with Gasteiger partial charge >= 0.3 is 0 Å². The number of benzene rings is 1. The minimum Gasteiger partial charge on any atom is -0.326 e. The fourth-order valence-corrected chi connectivity index (χ4v) is 1.95. The Morgan fingerprint density at radius 2 is 2.10 bits per heavy atom. The molecule has 0 saturated carbocycles. The largest absolute Gasteiger partial charge is 0.326 e. The molecule has 1 amide bonds. The van der Waals surface area contributed by atoms with Gasteiger partial charge in [-0.05, 0) is 30.7 Å². The van der Waals surface area contributed by atoms with Crippen LogP contribution in [0, 0.1) is 0 Å². The zero-order valence-electron chi connectivity index (χ0n) is 11.8. The Morgan fingerprint density at radius 1 is 1.35 bits per heavy atom. The molecule has 1 aromatic carbocycles. The summed E-state index contributed by atoms with van der Waals surface area (Å²) in [4.78, 5) is 10.9. The van der Waals surface area contributed by atoms with Gasteiger partial charge in [-0.1, -0.05) is 12.1 Å². The molecule has 5 heteroatoms. The van der Waals surface area contributed by atoms with Crippen LogP contribution in [0.1, 0.15) is 19.4 Å². The van der Waals surface area contributed by atoms with E-state index in [1.807, 2.05) is 41.2 Å². The Labute approximate surface area is 119 Å². The molecule has 0 radical (unpaired) electrons. The van der Waals surface area contributed by atoms with Crippen LogP contribution in [0.5, 0.6) is 0 Å². The Hall–Kier alpha value is -2.14. The van der Waals surface area contributed by atoms with E-state index >= 15 is 0 Å². The van der Waals surface area contributed by atoms with Crippen molar-refractivity contribution in [2.24, 2.45) is 0 Å². The number of carbonyl (C=O) groups is 1. The molecule has 0 fully saturated rings. The number of anilines is 1. The van der Waals surface area contributed by atoms with Gasteiger partial charge in [-0.15, -0.1) is 0 Å². The highest BCUT2D eigenvalue weighted by molar-refractivity contribution is 5.88. The summed E-state index contributed by atoms with van der Waals surface area (Å²) >= 11 is 0. The van der Waals surface area contributed by atoms with Crippen LogP contribution in [0.2, 0.25) is 0 Å². The number of nitrogens with zero attached hydrogens (tertiary/aromatic N) is 2. The van der Waals surface area contributed by atoms with E-state index in [9.17, 15) is 4.79 Å². The number of aromatic nitrogens is 2. The second-order valence-corrected chi connectivity index (χ2v) is 4.89. The van der Waals surface area contributed by atoms with Crippen LogP contribution in [0.25, 0.3) is 0 Å². The molecular weight excluding hydrogens is 252 g/mol. The molecule has 1 atom stereocenters. The fourth-order valence-electron chi connectivity index (χ4n) is 1.95. The van der Waals surface area contributed by atoms with Crippen LogP contribution in [0.4, 0.5) is 5.69 Å². The minimum absolute atomic E-state index is 0.0521. The van der Waals surface area contributed by atoms with E-state index in [4.69, 9.17) is 0 Å². The maximum Gasteiger partial charge on any atom is 0.221 e. The lowest BCUT2D eigenvalue weighted by molar-refractivity contribution is -0.114. The molecule has 20 heavy (non-hydrogen) atoms. The summed E-state index contributed by atoms with van der Waals surface area (Å²) in [6.45, 7) is 5.28. The molecule has 1 aromatic heterocycles. The number of hydrogen-bond donors (Lipinski definition) is 2. The van der Waals surface area contributed by atoms with Gasteiger partial charge in [-0.25, -0.2) is 0 Å². The SMILES string of the molecule is CC(=O)Nc1ccc(CNC(C)Cn2cccn2)cc1. The Bertz CT molecular complexity index is 534. The molecule has 5 nitrogen and oxygen atoms in total. The number of amides is 1. The molecule has 0 saturated heterocycles. The zero-order valence-corrected chi connectivity index (χ0v) is 11.8. The first-order valence-corrected chi connectivity index (χ1v) is 6.71. The van der Waals surface area contributed by atoms with E-state index < -0.39 is 0 Å². The minimum atomic E-state index is -0.0521. The molecule has 0 aliphatic heterocycles. The molecule has 0 spiro atoms. The Kier molecular flexibility index (Phi) is 4.90. The van der Waals surface area contributed by atoms with Crippen molar-refractivity contribution < 1.29 is 4.79 Å². The van der Waals surface area contributed by atoms with Crippen LogP contribution in [-0.2, 0) is 17.9 Å². The molecule has 2 aromatic rings. The van der Waals surface area contributed by atoms with Gasteiger partial charge in [-0.2, -0.15) is 5.10 Å². The van der Waals surface area contributed by atoms with Crippen LogP contribution in [0.3, 0.4) is 0 Å². The lowest BCUT2D eigenvalue weighted by atomic mass is 10.2. The summed E-state index contributed by atoms with van der Waals surface area (Å²) in [6.07, 6.45) is 3.74. The highest BCUT2D eigenvalue weighted by Crippen LogP contribution is 2.09. The standard InChI is InChI=1S/C15H20N4O/c1-12(11-19-9-3-8-17-19)16-10-14-4-6-15(7-5-14)18-13(2)20/h3-9,12,16H,10-11H2,1-2H3,(H,18,20). The van der Waals surface area contributed by atoms with Crippen molar-refractivity contribution in [3.63, 3.8) is 0 Å². The molecule has 0 bridgehead atoms. The first kappa shape index (κ1) is 14.3.